The molecule has 1 heterocycles. The second-order valence-electron chi connectivity index (χ2n) is 7.36. The molecule has 1 aromatic heterocycles. The lowest BCUT2D eigenvalue weighted by Crippen LogP contribution is -2.38. The quantitative estimate of drug-likeness (QED) is 0.709. The maximum absolute atomic E-state index is 13.2. The van der Waals surface area contributed by atoms with Crippen LogP contribution < -0.4 is 4.90 Å². The zero-order valence-electron chi connectivity index (χ0n) is 15.9. The molecule has 3 rings (SSSR count). The number of hydrogen-bond donors (Lipinski definition) is 0. The Balaban J connectivity index is 1.78. The lowest BCUT2D eigenvalue weighted by atomic mass is 9.88. The average molecular weight is 372 g/mol. The Labute approximate surface area is 160 Å². The van der Waals surface area contributed by atoms with Gasteiger partial charge in [0.25, 0.3) is 0 Å². The van der Waals surface area contributed by atoms with Crippen molar-refractivity contribution in [3.63, 3.8) is 0 Å². The van der Waals surface area contributed by atoms with Crippen LogP contribution in [0.4, 0.5) is 5.13 Å². The SMILES string of the molecule is CN(C)CCCN(C(=O)C1CCCCC1)c1nc(-c2ccccc2)cs1. The molecule has 0 radical (unpaired) electrons. The van der Waals surface area contributed by atoms with Crippen LogP contribution in [0.1, 0.15) is 38.5 Å². The topological polar surface area (TPSA) is 36.4 Å². The number of thiazole rings is 1. The van der Waals surface area contributed by atoms with Crippen molar-refractivity contribution in [2.75, 3.05) is 32.1 Å². The fourth-order valence-electron chi connectivity index (χ4n) is 3.54. The first-order valence-corrected chi connectivity index (χ1v) is 10.5. The van der Waals surface area contributed by atoms with Crippen molar-refractivity contribution in [1.29, 1.82) is 0 Å². The average Bonchev–Trinajstić information content (AvgIpc) is 3.16. The largest absolute Gasteiger partial charge is 0.309 e. The predicted molar refractivity (Wildman–Crippen MR) is 110 cm³/mol. The normalized spacial score (nSPS) is 15.3. The first kappa shape index (κ1) is 19.1. The second-order valence-corrected chi connectivity index (χ2v) is 8.20. The van der Waals surface area contributed by atoms with E-state index in [1.54, 1.807) is 11.3 Å². The molecule has 0 aliphatic heterocycles. The summed E-state index contributed by atoms with van der Waals surface area (Å²) < 4.78 is 0. The first-order valence-electron chi connectivity index (χ1n) is 9.62. The van der Waals surface area contributed by atoms with Gasteiger partial charge in [-0.2, -0.15) is 0 Å². The van der Waals surface area contributed by atoms with Crippen molar-refractivity contribution in [2.45, 2.75) is 38.5 Å². The van der Waals surface area contributed by atoms with Gasteiger partial charge in [0.2, 0.25) is 5.91 Å². The summed E-state index contributed by atoms with van der Waals surface area (Å²) in [6.45, 7) is 1.72. The number of carbonyl (C=O) groups is 1. The monoisotopic (exact) mass is 371 g/mol. The Hall–Kier alpha value is -1.72. The summed E-state index contributed by atoms with van der Waals surface area (Å²) in [5.41, 5.74) is 2.06. The van der Waals surface area contributed by atoms with E-state index in [1.807, 2.05) is 23.1 Å². The molecule has 1 saturated carbocycles. The van der Waals surface area contributed by atoms with Crippen molar-refractivity contribution in [3.05, 3.63) is 35.7 Å². The molecule has 0 atom stereocenters. The van der Waals surface area contributed by atoms with Crippen LogP contribution in [0.2, 0.25) is 0 Å². The van der Waals surface area contributed by atoms with E-state index in [4.69, 9.17) is 4.98 Å². The third-order valence-electron chi connectivity index (χ3n) is 5.00. The fraction of sp³-hybridized carbons (Fsp3) is 0.524. The number of amides is 1. The second kappa shape index (κ2) is 9.28. The van der Waals surface area contributed by atoms with Gasteiger partial charge in [0.05, 0.1) is 5.69 Å². The number of nitrogens with zero attached hydrogens (tertiary/aromatic N) is 3. The van der Waals surface area contributed by atoms with E-state index in [9.17, 15) is 4.79 Å². The van der Waals surface area contributed by atoms with Gasteiger partial charge in [0, 0.05) is 23.4 Å². The van der Waals surface area contributed by atoms with E-state index < -0.39 is 0 Å². The van der Waals surface area contributed by atoms with Gasteiger partial charge in [0.15, 0.2) is 5.13 Å². The molecule has 1 aliphatic carbocycles. The Kier molecular flexibility index (Phi) is 6.80. The zero-order valence-corrected chi connectivity index (χ0v) is 16.7. The fourth-order valence-corrected chi connectivity index (χ4v) is 4.41. The van der Waals surface area contributed by atoms with Gasteiger partial charge >= 0.3 is 0 Å². The van der Waals surface area contributed by atoms with Crippen LogP contribution in [0.15, 0.2) is 35.7 Å². The van der Waals surface area contributed by atoms with Gasteiger partial charge in [-0.1, -0.05) is 49.6 Å². The minimum Gasteiger partial charge on any atom is -0.309 e. The zero-order chi connectivity index (χ0) is 18.4. The van der Waals surface area contributed by atoms with Gasteiger partial charge in [-0.15, -0.1) is 11.3 Å². The van der Waals surface area contributed by atoms with E-state index >= 15 is 0 Å². The van der Waals surface area contributed by atoms with Crippen LogP contribution in [0, 0.1) is 5.92 Å². The van der Waals surface area contributed by atoms with Crippen molar-refractivity contribution in [1.82, 2.24) is 9.88 Å². The number of aromatic nitrogens is 1. The molecular formula is C21H29N3OS. The summed E-state index contributed by atoms with van der Waals surface area (Å²) in [7, 11) is 4.15. The molecule has 2 aromatic rings. The Morgan fingerprint density at radius 3 is 2.54 bits per heavy atom. The molecule has 0 bridgehead atoms. The van der Waals surface area contributed by atoms with Gasteiger partial charge in [-0.25, -0.2) is 4.98 Å². The summed E-state index contributed by atoms with van der Waals surface area (Å²) >= 11 is 1.58. The van der Waals surface area contributed by atoms with Crippen molar-refractivity contribution in [2.24, 2.45) is 5.92 Å². The third kappa shape index (κ3) is 4.92. The maximum atomic E-state index is 13.2. The molecule has 140 valence electrons. The van der Waals surface area contributed by atoms with Crippen molar-refractivity contribution < 1.29 is 4.79 Å². The molecule has 1 amide bonds. The molecule has 1 fully saturated rings. The lowest BCUT2D eigenvalue weighted by Gasteiger charge is -2.28. The van der Waals surface area contributed by atoms with E-state index in [1.165, 1.54) is 19.3 Å². The Morgan fingerprint density at radius 1 is 1.12 bits per heavy atom. The standard InChI is InChI=1S/C21H29N3OS/c1-23(2)14-9-15-24(20(25)18-12-7-4-8-13-18)21-22-19(16-26-21)17-10-5-3-6-11-17/h3,5-6,10-11,16,18H,4,7-9,12-15H2,1-2H3. The van der Waals surface area contributed by atoms with Crippen LogP contribution in [-0.2, 0) is 4.79 Å². The number of carbonyl (C=O) groups excluding carboxylic acids is 1. The highest BCUT2D eigenvalue weighted by molar-refractivity contribution is 7.14. The van der Waals surface area contributed by atoms with Crippen molar-refractivity contribution in [3.8, 4) is 11.3 Å². The van der Waals surface area contributed by atoms with E-state index in [-0.39, 0.29) is 11.8 Å². The van der Waals surface area contributed by atoms with Gasteiger partial charge < -0.3 is 4.90 Å². The number of hydrogen-bond acceptors (Lipinski definition) is 4. The minimum absolute atomic E-state index is 0.173. The van der Waals surface area contributed by atoms with E-state index in [0.717, 1.165) is 48.7 Å². The van der Waals surface area contributed by atoms with Crippen LogP contribution in [-0.4, -0.2) is 43.0 Å². The number of anilines is 1. The van der Waals surface area contributed by atoms with Crippen LogP contribution in [0.3, 0.4) is 0 Å². The molecule has 0 unspecified atom stereocenters. The maximum Gasteiger partial charge on any atom is 0.231 e. The summed E-state index contributed by atoms with van der Waals surface area (Å²) in [6.07, 6.45) is 6.63. The number of rotatable bonds is 7. The summed E-state index contributed by atoms with van der Waals surface area (Å²) in [4.78, 5) is 22.1. The highest BCUT2D eigenvalue weighted by Gasteiger charge is 2.28. The molecule has 4 nitrogen and oxygen atoms in total. The van der Waals surface area contributed by atoms with E-state index in [2.05, 4.69) is 36.5 Å². The smallest absolute Gasteiger partial charge is 0.231 e. The predicted octanol–water partition coefficient (Wildman–Crippen LogP) is 4.68. The highest BCUT2D eigenvalue weighted by Crippen LogP contribution is 2.31. The van der Waals surface area contributed by atoms with Gasteiger partial charge in [0.1, 0.15) is 0 Å². The van der Waals surface area contributed by atoms with E-state index in [0.29, 0.717) is 0 Å². The molecule has 1 aliphatic rings. The Bertz CT molecular complexity index is 692. The molecule has 26 heavy (non-hydrogen) atoms. The molecule has 0 saturated heterocycles. The summed E-state index contributed by atoms with van der Waals surface area (Å²) in [5.74, 6) is 0.449. The van der Waals surface area contributed by atoms with Gasteiger partial charge in [-0.05, 0) is 39.9 Å². The summed E-state index contributed by atoms with van der Waals surface area (Å²) in [6, 6.07) is 10.2. The molecule has 5 heteroatoms. The third-order valence-corrected chi connectivity index (χ3v) is 5.86. The number of benzene rings is 1. The minimum atomic E-state index is 0.173. The van der Waals surface area contributed by atoms with Crippen LogP contribution in [0.25, 0.3) is 11.3 Å². The Morgan fingerprint density at radius 2 is 1.85 bits per heavy atom. The molecular weight excluding hydrogens is 342 g/mol. The molecule has 0 spiro atoms. The molecule has 0 N–H and O–H groups in total. The van der Waals surface area contributed by atoms with Crippen LogP contribution >= 0.6 is 11.3 Å². The van der Waals surface area contributed by atoms with Crippen LogP contribution in [0.5, 0.6) is 0 Å². The highest BCUT2D eigenvalue weighted by atomic mass is 32.1. The van der Waals surface area contributed by atoms with Crippen molar-refractivity contribution >= 4 is 22.4 Å². The summed E-state index contributed by atoms with van der Waals surface area (Å²) in [5, 5.41) is 2.91. The first-order chi connectivity index (χ1) is 12.6. The molecule has 1 aromatic carbocycles. The lowest BCUT2D eigenvalue weighted by molar-refractivity contribution is -0.123. The van der Waals surface area contributed by atoms with Gasteiger partial charge in [-0.3, -0.25) is 9.69 Å².